The number of benzene rings is 1. The average molecular weight is 353 g/mol. The van der Waals surface area contributed by atoms with Crippen LogP contribution in [0, 0.1) is 10.8 Å². The van der Waals surface area contributed by atoms with Gasteiger partial charge in [-0.3, -0.25) is 4.68 Å². The summed E-state index contributed by atoms with van der Waals surface area (Å²) in [4.78, 5) is 11.5. The van der Waals surface area contributed by atoms with Gasteiger partial charge in [-0.15, -0.1) is 4.91 Å². The molecular formula is C19H24BN3O3. The molecule has 136 valence electrons. The van der Waals surface area contributed by atoms with E-state index in [0.29, 0.717) is 37.2 Å². The molecule has 6 nitrogen and oxygen atoms in total. The van der Waals surface area contributed by atoms with Gasteiger partial charge in [-0.25, -0.2) is 0 Å². The third-order valence-corrected chi connectivity index (χ3v) is 4.83. The monoisotopic (exact) mass is 353 g/mol. The Labute approximate surface area is 154 Å². The quantitative estimate of drug-likeness (QED) is 0.455. The molecule has 1 saturated heterocycles. The molecule has 1 fully saturated rings. The van der Waals surface area contributed by atoms with Gasteiger partial charge in [-0.1, -0.05) is 31.1 Å². The molecule has 2 heterocycles. The van der Waals surface area contributed by atoms with Crippen LogP contribution in [0.15, 0.2) is 36.2 Å². The van der Waals surface area contributed by atoms with E-state index in [2.05, 4.69) is 23.8 Å². The molecule has 0 spiro atoms. The van der Waals surface area contributed by atoms with Gasteiger partial charge in [0.1, 0.15) is 19.3 Å². The third-order valence-electron chi connectivity index (χ3n) is 4.83. The van der Waals surface area contributed by atoms with Crippen LogP contribution in [0.1, 0.15) is 31.9 Å². The summed E-state index contributed by atoms with van der Waals surface area (Å²) in [7, 11) is 1.94. The van der Waals surface area contributed by atoms with Gasteiger partial charge in [0, 0.05) is 18.1 Å². The highest BCUT2D eigenvalue weighted by atomic mass is 16.5. The second-order valence-electron chi connectivity index (χ2n) is 6.73. The first-order chi connectivity index (χ1) is 12.6. The molecule has 1 aliphatic rings. The summed E-state index contributed by atoms with van der Waals surface area (Å²) < 4.78 is 13.2. The van der Waals surface area contributed by atoms with Crippen LogP contribution >= 0.6 is 0 Å². The first-order valence-corrected chi connectivity index (χ1v) is 8.98. The SMILES string of the molecule is Bc1ccc(-c2c(C(=C)OCC)cnn2C2CCOCC2C)c(N=O)c1. The second-order valence-corrected chi connectivity index (χ2v) is 6.73. The second kappa shape index (κ2) is 7.87. The summed E-state index contributed by atoms with van der Waals surface area (Å²) in [5.74, 6) is 0.861. The summed E-state index contributed by atoms with van der Waals surface area (Å²) in [5.41, 5.74) is 3.75. The van der Waals surface area contributed by atoms with Gasteiger partial charge < -0.3 is 9.47 Å². The van der Waals surface area contributed by atoms with Gasteiger partial charge in [0.15, 0.2) is 0 Å². The number of aromatic nitrogens is 2. The fraction of sp³-hybridized carbons (Fsp3) is 0.421. The molecule has 2 aromatic rings. The van der Waals surface area contributed by atoms with Crippen LogP contribution in [0.25, 0.3) is 17.0 Å². The van der Waals surface area contributed by atoms with Crippen molar-refractivity contribution >= 4 is 24.8 Å². The average Bonchev–Trinajstić information content (AvgIpc) is 3.07. The maximum atomic E-state index is 11.5. The van der Waals surface area contributed by atoms with Crippen LogP contribution in [0.4, 0.5) is 5.69 Å². The Morgan fingerprint density at radius 1 is 1.54 bits per heavy atom. The largest absolute Gasteiger partial charge is 0.494 e. The van der Waals surface area contributed by atoms with Crippen LogP contribution < -0.4 is 5.46 Å². The van der Waals surface area contributed by atoms with E-state index in [9.17, 15) is 4.91 Å². The summed E-state index contributed by atoms with van der Waals surface area (Å²) >= 11 is 0. The Morgan fingerprint density at radius 2 is 2.35 bits per heavy atom. The van der Waals surface area contributed by atoms with Crippen molar-refractivity contribution in [3.05, 3.63) is 41.4 Å². The van der Waals surface area contributed by atoms with E-state index in [1.54, 1.807) is 12.3 Å². The molecule has 0 amide bonds. The molecule has 0 saturated carbocycles. The fourth-order valence-corrected chi connectivity index (χ4v) is 3.49. The van der Waals surface area contributed by atoms with Crippen molar-refractivity contribution in [1.82, 2.24) is 9.78 Å². The van der Waals surface area contributed by atoms with Gasteiger partial charge in [-0.05, 0) is 24.6 Å². The minimum Gasteiger partial charge on any atom is -0.494 e. The molecule has 2 atom stereocenters. The standard InChI is InChI=1S/C19H24BN3O3/c1-4-26-13(3)16-10-21-23(18-7-8-25-11-12(18)2)19(16)15-6-5-14(20)9-17(15)22-24/h5-6,9-10,12,18H,3-4,7-8,11,20H2,1-2H3. The number of rotatable bonds is 6. The maximum Gasteiger partial charge on any atom is 0.139 e. The zero-order chi connectivity index (χ0) is 18.7. The Hall–Kier alpha value is -2.41. The molecule has 7 heteroatoms. The minimum absolute atomic E-state index is 0.183. The van der Waals surface area contributed by atoms with Crippen molar-refractivity contribution in [1.29, 1.82) is 0 Å². The first-order valence-electron chi connectivity index (χ1n) is 8.98. The predicted molar refractivity (Wildman–Crippen MR) is 106 cm³/mol. The summed E-state index contributed by atoms with van der Waals surface area (Å²) in [6.45, 7) is 10.0. The van der Waals surface area contributed by atoms with E-state index in [-0.39, 0.29) is 6.04 Å². The van der Waals surface area contributed by atoms with Gasteiger partial charge in [0.2, 0.25) is 0 Å². The Morgan fingerprint density at radius 3 is 3.04 bits per heavy atom. The van der Waals surface area contributed by atoms with Crippen molar-refractivity contribution in [3.8, 4) is 11.3 Å². The lowest BCUT2D eigenvalue weighted by Crippen LogP contribution is -2.29. The topological polar surface area (TPSA) is 65.7 Å². The normalized spacial score (nSPS) is 19.9. The lowest BCUT2D eigenvalue weighted by Gasteiger charge is -2.30. The molecule has 0 N–H and O–H groups in total. The maximum absolute atomic E-state index is 11.5. The van der Waals surface area contributed by atoms with Crippen LogP contribution in [0.5, 0.6) is 0 Å². The van der Waals surface area contributed by atoms with E-state index >= 15 is 0 Å². The van der Waals surface area contributed by atoms with Crippen LogP contribution in [-0.2, 0) is 9.47 Å². The lowest BCUT2D eigenvalue weighted by molar-refractivity contribution is 0.0255. The zero-order valence-electron chi connectivity index (χ0n) is 15.6. The fourth-order valence-electron chi connectivity index (χ4n) is 3.49. The van der Waals surface area contributed by atoms with Gasteiger partial charge in [-0.2, -0.15) is 5.10 Å². The van der Waals surface area contributed by atoms with Crippen molar-refractivity contribution < 1.29 is 9.47 Å². The van der Waals surface area contributed by atoms with Crippen molar-refractivity contribution in [2.24, 2.45) is 11.1 Å². The molecule has 1 aromatic heterocycles. The molecule has 0 radical (unpaired) electrons. The van der Waals surface area contributed by atoms with Crippen molar-refractivity contribution in [2.75, 3.05) is 19.8 Å². The third kappa shape index (κ3) is 3.44. The molecule has 3 rings (SSSR count). The first kappa shape index (κ1) is 18.4. The lowest BCUT2D eigenvalue weighted by atomic mass is 9.92. The van der Waals surface area contributed by atoms with Crippen molar-refractivity contribution in [3.63, 3.8) is 0 Å². The Balaban J connectivity index is 2.18. The van der Waals surface area contributed by atoms with E-state index in [1.807, 2.05) is 31.6 Å². The zero-order valence-corrected chi connectivity index (χ0v) is 15.6. The number of hydrogen-bond donors (Lipinski definition) is 0. The highest BCUT2D eigenvalue weighted by Gasteiger charge is 2.29. The van der Waals surface area contributed by atoms with E-state index in [0.717, 1.165) is 28.7 Å². The van der Waals surface area contributed by atoms with Gasteiger partial charge in [0.05, 0.1) is 36.7 Å². The molecular weight excluding hydrogens is 329 g/mol. The van der Waals surface area contributed by atoms with Gasteiger partial charge >= 0.3 is 0 Å². The Bertz CT molecular complexity index is 818. The molecule has 2 unspecified atom stereocenters. The van der Waals surface area contributed by atoms with Crippen molar-refractivity contribution in [2.45, 2.75) is 26.3 Å². The number of hydrogen-bond acceptors (Lipinski definition) is 5. The number of ether oxygens (including phenoxy) is 2. The smallest absolute Gasteiger partial charge is 0.139 e. The van der Waals surface area contributed by atoms with Crippen LogP contribution in [0.2, 0.25) is 0 Å². The summed E-state index contributed by atoms with van der Waals surface area (Å²) in [5, 5.41) is 7.90. The Kier molecular flexibility index (Phi) is 5.56. The number of nitrogens with zero attached hydrogens (tertiary/aromatic N) is 3. The highest BCUT2D eigenvalue weighted by molar-refractivity contribution is 6.32. The molecule has 0 bridgehead atoms. The predicted octanol–water partition coefficient (Wildman–Crippen LogP) is 2.81. The van der Waals surface area contributed by atoms with E-state index < -0.39 is 0 Å². The molecule has 0 aliphatic carbocycles. The van der Waals surface area contributed by atoms with Crippen LogP contribution in [0.3, 0.4) is 0 Å². The van der Waals surface area contributed by atoms with E-state index in [1.165, 1.54) is 0 Å². The minimum atomic E-state index is 0.183. The van der Waals surface area contributed by atoms with E-state index in [4.69, 9.17) is 9.47 Å². The number of nitroso groups, excluding NO2 is 1. The molecule has 1 aliphatic heterocycles. The van der Waals surface area contributed by atoms with Crippen LogP contribution in [-0.4, -0.2) is 37.4 Å². The molecule has 1 aromatic carbocycles. The highest BCUT2D eigenvalue weighted by Crippen LogP contribution is 2.39. The molecule has 26 heavy (non-hydrogen) atoms. The summed E-state index contributed by atoms with van der Waals surface area (Å²) in [6.07, 6.45) is 2.63. The van der Waals surface area contributed by atoms with Gasteiger partial charge in [0.25, 0.3) is 0 Å². The summed E-state index contributed by atoms with van der Waals surface area (Å²) in [6, 6.07) is 5.87.